The van der Waals surface area contributed by atoms with Gasteiger partial charge in [0.1, 0.15) is 6.04 Å². The molecule has 86 valence electrons. The summed E-state index contributed by atoms with van der Waals surface area (Å²) < 4.78 is 4.94. The van der Waals surface area contributed by atoms with Gasteiger partial charge < -0.3 is 15.4 Å². The van der Waals surface area contributed by atoms with Gasteiger partial charge in [0.15, 0.2) is 0 Å². The number of carbonyl (C=O) groups is 2. The Bertz CT molecular complexity index is 261. The Hall–Kier alpha value is -1.10. The van der Waals surface area contributed by atoms with Crippen LogP contribution < -0.4 is 5.73 Å². The molecule has 1 aliphatic rings. The highest BCUT2D eigenvalue weighted by molar-refractivity contribution is 5.88. The minimum Gasteiger partial charge on any atom is -0.380 e. The van der Waals surface area contributed by atoms with Crippen molar-refractivity contribution in [2.24, 2.45) is 17.6 Å². The van der Waals surface area contributed by atoms with Gasteiger partial charge in [0.05, 0.1) is 19.1 Å². The molecule has 1 heterocycles. The van der Waals surface area contributed by atoms with E-state index in [-0.39, 0.29) is 17.7 Å². The third-order valence-electron chi connectivity index (χ3n) is 2.68. The lowest BCUT2D eigenvalue weighted by Crippen LogP contribution is -2.53. The maximum Gasteiger partial charge on any atom is 0.240 e. The van der Waals surface area contributed by atoms with Crippen LogP contribution in [0.15, 0.2) is 0 Å². The Labute approximate surface area is 89.6 Å². The van der Waals surface area contributed by atoms with Crippen molar-refractivity contribution in [3.05, 3.63) is 0 Å². The smallest absolute Gasteiger partial charge is 0.240 e. The van der Waals surface area contributed by atoms with E-state index in [1.54, 1.807) is 7.05 Å². The molecule has 2 amide bonds. The number of hydrogen-bond donors (Lipinski definition) is 1. The molecular formula is C10H18N2O3. The number of likely N-dealkylation sites (N-methyl/N-ethyl adjacent to an activating group) is 1. The fourth-order valence-corrected chi connectivity index (χ4v) is 1.77. The summed E-state index contributed by atoms with van der Waals surface area (Å²) in [6.45, 7) is 4.65. The quantitative estimate of drug-likeness (QED) is 0.692. The number of primary amides is 1. The number of rotatable bonds is 4. The highest BCUT2D eigenvalue weighted by Crippen LogP contribution is 2.17. The van der Waals surface area contributed by atoms with Crippen LogP contribution in [0.3, 0.4) is 0 Å². The molecule has 0 aromatic carbocycles. The molecule has 0 saturated carbocycles. The van der Waals surface area contributed by atoms with Crippen molar-refractivity contribution in [3.8, 4) is 0 Å². The Balaban J connectivity index is 2.66. The standard InChI is InChI=1S/C10H18N2O3/c1-6(2)8(9(11)13)12(3)10(14)7-4-15-5-7/h6-8H,4-5H2,1-3H3,(H2,11,13). The molecule has 0 spiro atoms. The maximum absolute atomic E-state index is 11.8. The van der Waals surface area contributed by atoms with Crippen molar-refractivity contribution < 1.29 is 14.3 Å². The molecule has 5 heteroatoms. The normalized spacial score (nSPS) is 18.4. The number of carbonyl (C=O) groups excluding carboxylic acids is 2. The fraction of sp³-hybridized carbons (Fsp3) is 0.800. The van der Waals surface area contributed by atoms with E-state index in [4.69, 9.17) is 10.5 Å². The van der Waals surface area contributed by atoms with Crippen LogP contribution in [0.4, 0.5) is 0 Å². The van der Waals surface area contributed by atoms with Gasteiger partial charge in [0.2, 0.25) is 11.8 Å². The topological polar surface area (TPSA) is 72.6 Å². The first kappa shape index (κ1) is 12.0. The zero-order valence-corrected chi connectivity index (χ0v) is 9.40. The lowest BCUT2D eigenvalue weighted by Gasteiger charge is -2.34. The number of nitrogens with two attached hydrogens (primary N) is 1. The Morgan fingerprint density at radius 3 is 2.20 bits per heavy atom. The van der Waals surface area contributed by atoms with Crippen LogP contribution in [-0.2, 0) is 14.3 Å². The van der Waals surface area contributed by atoms with Gasteiger partial charge in [-0.15, -0.1) is 0 Å². The molecule has 15 heavy (non-hydrogen) atoms. The predicted molar refractivity (Wildman–Crippen MR) is 54.9 cm³/mol. The summed E-state index contributed by atoms with van der Waals surface area (Å²) in [5.74, 6) is -0.590. The SMILES string of the molecule is CC(C)C(C(N)=O)N(C)C(=O)C1COC1. The van der Waals surface area contributed by atoms with Crippen LogP contribution in [0.5, 0.6) is 0 Å². The van der Waals surface area contributed by atoms with Gasteiger partial charge in [-0.3, -0.25) is 9.59 Å². The summed E-state index contributed by atoms with van der Waals surface area (Å²) in [6, 6.07) is -0.530. The first-order valence-electron chi connectivity index (χ1n) is 5.09. The minimum atomic E-state index is -0.530. The molecule has 1 rings (SSSR count). The largest absolute Gasteiger partial charge is 0.380 e. The van der Waals surface area contributed by atoms with Crippen molar-refractivity contribution in [2.45, 2.75) is 19.9 Å². The van der Waals surface area contributed by atoms with Crippen LogP contribution in [0, 0.1) is 11.8 Å². The number of hydrogen-bond acceptors (Lipinski definition) is 3. The molecule has 2 N–H and O–H groups in total. The van der Waals surface area contributed by atoms with Crippen molar-refractivity contribution >= 4 is 11.8 Å². The molecule has 1 atom stereocenters. The summed E-state index contributed by atoms with van der Waals surface area (Å²) in [7, 11) is 1.62. The van der Waals surface area contributed by atoms with Crippen molar-refractivity contribution in [2.75, 3.05) is 20.3 Å². The van der Waals surface area contributed by atoms with E-state index in [0.717, 1.165) is 0 Å². The van der Waals surface area contributed by atoms with Gasteiger partial charge in [-0.1, -0.05) is 13.8 Å². The van der Waals surface area contributed by atoms with E-state index in [0.29, 0.717) is 13.2 Å². The first-order chi connectivity index (χ1) is 6.95. The van der Waals surface area contributed by atoms with Gasteiger partial charge in [-0.05, 0) is 5.92 Å². The van der Waals surface area contributed by atoms with E-state index < -0.39 is 11.9 Å². The maximum atomic E-state index is 11.8. The monoisotopic (exact) mass is 214 g/mol. The zero-order chi connectivity index (χ0) is 11.6. The molecule has 1 aliphatic heterocycles. The van der Waals surface area contributed by atoms with E-state index in [2.05, 4.69) is 0 Å². The van der Waals surface area contributed by atoms with Crippen molar-refractivity contribution in [1.29, 1.82) is 0 Å². The van der Waals surface area contributed by atoms with E-state index >= 15 is 0 Å². The number of amides is 2. The van der Waals surface area contributed by atoms with E-state index in [1.807, 2.05) is 13.8 Å². The molecular weight excluding hydrogens is 196 g/mol. The van der Waals surface area contributed by atoms with Crippen LogP contribution >= 0.6 is 0 Å². The van der Waals surface area contributed by atoms with Crippen LogP contribution in [0.2, 0.25) is 0 Å². The molecule has 0 aliphatic carbocycles. The lowest BCUT2D eigenvalue weighted by atomic mass is 9.99. The minimum absolute atomic E-state index is 0.0254. The van der Waals surface area contributed by atoms with Gasteiger partial charge in [0, 0.05) is 7.05 Å². The van der Waals surface area contributed by atoms with Crippen LogP contribution in [0.25, 0.3) is 0 Å². The second kappa shape index (κ2) is 4.61. The third-order valence-corrected chi connectivity index (χ3v) is 2.68. The average Bonchev–Trinajstić information content (AvgIpc) is 1.98. The fourth-order valence-electron chi connectivity index (χ4n) is 1.77. The molecule has 5 nitrogen and oxygen atoms in total. The second-order valence-corrected chi connectivity index (χ2v) is 4.27. The highest BCUT2D eigenvalue weighted by Gasteiger charge is 2.35. The molecule has 0 radical (unpaired) electrons. The average molecular weight is 214 g/mol. The van der Waals surface area contributed by atoms with Crippen LogP contribution in [-0.4, -0.2) is 43.0 Å². The van der Waals surface area contributed by atoms with Gasteiger partial charge in [-0.2, -0.15) is 0 Å². The lowest BCUT2D eigenvalue weighted by molar-refractivity contribution is -0.154. The van der Waals surface area contributed by atoms with Gasteiger partial charge >= 0.3 is 0 Å². The molecule has 0 aromatic rings. The molecule has 1 unspecified atom stereocenters. The molecule has 0 aromatic heterocycles. The summed E-state index contributed by atoms with van der Waals surface area (Å²) in [4.78, 5) is 24.5. The highest BCUT2D eigenvalue weighted by atomic mass is 16.5. The molecule has 1 fully saturated rings. The Morgan fingerprint density at radius 1 is 1.40 bits per heavy atom. The third kappa shape index (κ3) is 2.47. The van der Waals surface area contributed by atoms with Gasteiger partial charge in [0.25, 0.3) is 0 Å². The number of ether oxygens (including phenoxy) is 1. The first-order valence-corrected chi connectivity index (χ1v) is 5.09. The summed E-state index contributed by atoms with van der Waals surface area (Å²) in [6.07, 6.45) is 0. The summed E-state index contributed by atoms with van der Waals surface area (Å²) in [5.41, 5.74) is 5.27. The van der Waals surface area contributed by atoms with Crippen molar-refractivity contribution in [1.82, 2.24) is 4.90 Å². The van der Waals surface area contributed by atoms with Crippen molar-refractivity contribution in [3.63, 3.8) is 0 Å². The molecule has 1 saturated heterocycles. The Morgan fingerprint density at radius 2 is 1.93 bits per heavy atom. The predicted octanol–water partition coefficient (Wildman–Crippen LogP) is -0.399. The second-order valence-electron chi connectivity index (χ2n) is 4.27. The zero-order valence-electron chi connectivity index (χ0n) is 9.40. The summed E-state index contributed by atoms with van der Waals surface area (Å²) >= 11 is 0. The number of nitrogens with zero attached hydrogens (tertiary/aromatic N) is 1. The molecule has 0 bridgehead atoms. The van der Waals surface area contributed by atoms with Crippen LogP contribution in [0.1, 0.15) is 13.8 Å². The Kier molecular flexibility index (Phi) is 3.68. The summed E-state index contributed by atoms with van der Waals surface area (Å²) in [5, 5.41) is 0. The van der Waals surface area contributed by atoms with Gasteiger partial charge in [-0.25, -0.2) is 0 Å². The van der Waals surface area contributed by atoms with E-state index in [9.17, 15) is 9.59 Å². The van der Waals surface area contributed by atoms with E-state index in [1.165, 1.54) is 4.90 Å².